The van der Waals surface area contributed by atoms with E-state index in [4.69, 9.17) is 14.5 Å². The Bertz CT molecular complexity index is 1000. The number of hydrogen-bond acceptors (Lipinski definition) is 6. The highest BCUT2D eigenvalue weighted by Gasteiger charge is 2.16. The molecule has 0 aromatic heterocycles. The molecule has 2 heterocycles. The fourth-order valence-electron chi connectivity index (χ4n) is 3.39. The number of nitrogens with one attached hydrogen (secondary N) is 2. The van der Waals surface area contributed by atoms with Crippen molar-refractivity contribution in [1.82, 2.24) is 5.32 Å². The second kappa shape index (κ2) is 8.61. The Labute approximate surface area is 174 Å². The highest BCUT2D eigenvalue weighted by molar-refractivity contribution is 8.13. The maximum absolute atomic E-state index is 12.5. The number of ether oxygens (including phenoxy) is 2. The lowest BCUT2D eigenvalue weighted by Gasteiger charge is -2.10. The quantitative estimate of drug-likeness (QED) is 0.593. The molecule has 2 aromatic carbocycles. The van der Waals surface area contributed by atoms with Gasteiger partial charge < -0.3 is 20.1 Å². The van der Waals surface area contributed by atoms with Crippen molar-refractivity contribution in [3.05, 3.63) is 59.2 Å². The molecule has 2 aromatic rings. The minimum atomic E-state index is -0.120. The number of anilines is 1. The van der Waals surface area contributed by atoms with E-state index >= 15 is 0 Å². The fourth-order valence-corrected chi connectivity index (χ4v) is 3.80. The Morgan fingerprint density at radius 2 is 2.10 bits per heavy atom. The van der Waals surface area contributed by atoms with Crippen molar-refractivity contribution in [1.29, 1.82) is 0 Å². The van der Waals surface area contributed by atoms with Crippen LogP contribution in [-0.2, 0) is 17.6 Å². The van der Waals surface area contributed by atoms with Crippen molar-refractivity contribution in [3.8, 4) is 11.5 Å². The number of rotatable bonds is 4. The highest BCUT2D eigenvalue weighted by Crippen LogP contribution is 2.32. The van der Waals surface area contributed by atoms with Crippen LogP contribution in [0, 0.1) is 0 Å². The topological polar surface area (TPSA) is 72.0 Å². The summed E-state index contributed by atoms with van der Waals surface area (Å²) in [6, 6.07) is 11.9. The molecule has 7 heteroatoms. The normalized spacial score (nSPS) is 15.1. The minimum Gasteiger partial charge on any atom is -0.454 e. The lowest BCUT2D eigenvalue weighted by atomic mass is 10.1. The summed E-state index contributed by atoms with van der Waals surface area (Å²) in [6.45, 7) is 3.15. The van der Waals surface area contributed by atoms with Crippen LogP contribution in [0.4, 0.5) is 5.69 Å². The number of allylic oxidation sites excluding steroid dienone is 1. The molecular weight excluding hydrogens is 386 g/mol. The molecule has 2 N–H and O–H groups in total. The summed E-state index contributed by atoms with van der Waals surface area (Å²) in [4.78, 5) is 17.2. The number of amidine groups is 1. The Hall–Kier alpha value is -2.93. The molecule has 0 bridgehead atoms. The van der Waals surface area contributed by atoms with Gasteiger partial charge in [0.05, 0.1) is 12.1 Å². The van der Waals surface area contributed by atoms with Gasteiger partial charge in [0.1, 0.15) is 0 Å². The Kier molecular flexibility index (Phi) is 5.76. The van der Waals surface area contributed by atoms with Gasteiger partial charge in [-0.2, -0.15) is 0 Å². The van der Waals surface area contributed by atoms with E-state index in [0.717, 1.165) is 29.8 Å². The van der Waals surface area contributed by atoms with Crippen molar-refractivity contribution in [2.45, 2.75) is 19.8 Å². The number of aliphatic imine (C=N–C) groups is 1. The van der Waals surface area contributed by atoms with Gasteiger partial charge >= 0.3 is 0 Å². The number of hydrogen-bond donors (Lipinski definition) is 2. The third-order valence-electron chi connectivity index (χ3n) is 4.85. The van der Waals surface area contributed by atoms with Gasteiger partial charge in [0.25, 0.3) is 0 Å². The first-order valence-electron chi connectivity index (χ1n) is 9.51. The van der Waals surface area contributed by atoms with Gasteiger partial charge in [-0.1, -0.05) is 30.0 Å². The van der Waals surface area contributed by atoms with E-state index in [9.17, 15) is 4.79 Å². The van der Waals surface area contributed by atoms with Crippen LogP contribution < -0.4 is 20.1 Å². The Balaban J connectivity index is 1.45. The molecule has 0 saturated carbocycles. The number of thioether (sulfide) groups is 1. The molecule has 0 fully saturated rings. The van der Waals surface area contributed by atoms with Gasteiger partial charge in [-0.3, -0.25) is 4.79 Å². The fraction of sp³-hybridized carbons (Fsp3) is 0.273. The SMILES string of the molecule is C/C=C(/N=C(NC(=O)Cc1ccc2c(c1)OCO2)SC)c1ccc2c(c1)CCN2. The van der Waals surface area contributed by atoms with Crippen molar-refractivity contribution in [3.63, 3.8) is 0 Å². The smallest absolute Gasteiger partial charge is 0.231 e. The van der Waals surface area contributed by atoms with Crippen LogP contribution in [0.15, 0.2) is 47.5 Å². The Morgan fingerprint density at radius 3 is 2.93 bits per heavy atom. The zero-order chi connectivity index (χ0) is 20.2. The first kappa shape index (κ1) is 19.4. The number of amides is 1. The molecule has 0 aliphatic carbocycles. The van der Waals surface area contributed by atoms with Gasteiger partial charge in [-0.25, -0.2) is 4.99 Å². The molecule has 0 spiro atoms. The predicted octanol–water partition coefficient (Wildman–Crippen LogP) is 3.82. The Morgan fingerprint density at radius 1 is 1.24 bits per heavy atom. The summed E-state index contributed by atoms with van der Waals surface area (Å²) in [5.74, 6) is 1.27. The van der Waals surface area contributed by atoms with Gasteiger partial charge in [-0.05, 0) is 55.0 Å². The van der Waals surface area contributed by atoms with Crippen LogP contribution in [0.5, 0.6) is 11.5 Å². The summed E-state index contributed by atoms with van der Waals surface area (Å²) in [5.41, 5.74) is 5.24. The monoisotopic (exact) mass is 409 g/mol. The first-order chi connectivity index (χ1) is 14.2. The van der Waals surface area contributed by atoms with Gasteiger partial charge in [0, 0.05) is 17.8 Å². The molecule has 0 atom stereocenters. The number of fused-ring (bicyclic) bond motifs is 2. The van der Waals surface area contributed by atoms with E-state index in [1.165, 1.54) is 23.0 Å². The third-order valence-corrected chi connectivity index (χ3v) is 5.43. The molecule has 150 valence electrons. The molecule has 6 nitrogen and oxygen atoms in total. The van der Waals surface area contributed by atoms with E-state index in [1.54, 1.807) is 0 Å². The van der Waals surface area contributed by atoms with Crippen LogP contribution in [0.3, 0.4) is 0 Å². The van der Waals surface area contributed by atoms with E-state index in [0.29, 0.717) is 16.7 Å². The summed E-state index contributed by atoms with van der Waals surface area (Å²) >= 11 is 1.41. The average molecular weight is 410 g/mol. The number of benzene rings is 2. The van der Waals surface area contributed by atoms with E-state index in [-0.39, 0.29) is 19.1 Å². The van der Waals surface area contributed by atoms with Crippen LogP contribution in [0.2, 0.25) is 0 Å². The standard InChI is InChI=1S/C22H23N3O3S/c1-3-17(15-5-6-18-16(12-15)8-9-23-18)24-22(29-2)25-21(26)11-14-4-7-19-20(10-14)28-13-27-19/h3-7,10,12,23H,8-9,11,13H2,1-2H3,(H,24,25,26)/b17-3+. The zero-order valence-corrected chi connectivity index (χ0v) is 17.3. The zero-order valence-electron chi connectivity index (χ0n) is 16.5. The van der Waals surface area contributed by atoms with E-state index in [2.05, 4.69) is 28.8 Å². The molecular formula is C22H23N3O3S. The summed E-state index contributed by atoms with van der Waals surface area (Å²) < 4.78 is 10.7. The highest BCUT2D eigenvalue weighted by atomic mass is 32.2. The van der Waals surface area contributed by atoms with Crippen LogP contribution >= 0.6 is 11.8 Å². The number of carbonyl (C=O) groups excluding carboxylic acids is 1. The average Bonchev–Trinajstić information content (AvgIpc) is 3.39. The predicted molar refractivity (Wildman–Crippen MR) is 118 cm³/mol. The maximum Gasteiger partial charge on any atom is 0.231 e. The van der Waals surface area contributed by atoms with Crippen molar-refractivity contribution in [2.75, 3.05) is 24.9 Å². The summed E-state index contributed by atoms with van der Waals surface area (Å²) in [7, 11) is 0. The second-order valence-corrected chi connectivity index (χ2v) is 7.55. The number of nitrogens with zero attached hydrogens (tertiary/aromatic N) is 1. The van der Waals surface area contributed by atoms with E-state index in [1.807, 2.05) is 37.5 Å². The van der Waals surface area contributed by atoms with Crippen molar-refractivity contribution in [2.24, 2.45) is 4.99 Å². The molecule has 4 rings (SSSR count). The van der Waals surface area contributed by atoms with Gasteiger partial charge in [0.2, 0.25) is 12.7 Å². The summed E-state index contributed by atoms with van der Waals surface area (Å²) in [6.07, 6.45) is 5.13. The molecule has 29 heavy (non-hydrogen) atoms. The molecule has 1 amide bonds. The van der Waals surface area contributed by atoms with Gasteiger partial charge in [-0.15, -0.1) is 0 Å². The minimum absolute atomic E-state index is 0.120. The lowest BCUT2D eigenvalue weighted by molar-refractivity contribution is -0.119. The second-order valence-electron chi connectivity index (χ2n) is 6.76. The first-order valence-corrected chi connectivity index (χ1v) is 10.7. The maximum atomic E-state index is 12.5. The lowest BCUT2D eigenvalue weighted by Crippen LogP contribution is -2.29. The number of carbonyl (C=O) groups is 1. The molecule has 0 radical (unpaired) electrons. The largest absolute Gasteiger partial charge is 0.454 e. The summed E-state index contributed by atoms with van der Waals surface area (Å²) in [5, 5.41) is 6.86. The van der Waals surface area contributed by atoms with E-state index < -0.39 is 0 Å². The molecule has 0 saturated heterocycles. The van der Waals surface area contributed by atoms with Crippen LogP contribution in [0.1, 0.15) is 23.6 Å². The van der Waals surface area contributed by atoms with Crippen molar-refractivity contribution < 1.29 is 14.3 Å². The molecule has 0 unspecified atom stereocenters. The van der Waals surface area contributed by atoms with Crippen LogP contribution in [0.25, 0.3) is 5.70 Å². The van der Waals surface area contributed by atoms with Crippen molar-refractivity contribution >= 4 is 34.2 Å². The van der Waals surface area contributed by atoms with Gasteiger partial charge in [0.15, 0.2) is 16.7 Å². The molecule has 2 aliphatic rings. The molecule has 2 aliphatic heterocycles. The van der Waals surface area contributed by atoms with Crippen LogP contribution in [-0.4, -0.2) is 30.7 Å². The third kappa shape index (κ3) is 4.40.